The number of carbonyl (C=O) groups excluding carboxylic acids is 2. The molecule has 7 heteroatoms. The zero-order chi connectivity index (χ0) is 25.3. The maximum absolute atomic E-state index is 13.5. The Balaban J connectivity index is 1.28. The third-order valence-corrected chi connectivity index (χ3v) is 10.7. The topological polar surface area (TPSA) is 81.4 Å². The minimum absolute atomic E-state index is 0.151. The standard InChI is InChI=1S/C29H44N2O4S/c1-4-5-10-23(32)29(2,3)17-34-28-26(36-16-18-8-6-7-9-18)25(35-31-28)27(33)30-24-21-12-19-11-20(14-21)15-22(24)13-19/h18-22,24H,4-17H2,1-3H3,(H,30,33). The van der Waals surface area contributed by atoms with E-state index in [4.69, 9.17) is 9.26 Å². The van der Waals surface area contributed by atoms with Crippen molar-refractivity contribution in [2.45, 2.75) is 109 Å². The molecule has 0 saturated heterocycles. The minimum Gasteiger partial charge on any atom is -0.474 e. The van der Waals surface area contributed by atoms with Crippen LogP contribution in [-0.4, -0.2) is 35.2 Å². The van der Waals surface area contributed by atoms with Crippen LogP contribution in [0.4, 0.5) is 0 Å². The molecule has 1 N–H and O–H groups in total. The zero-order valence-electron chi connectivity index (χ0n) is 22.4. The van der Waals surface area contributed by atoms with Gasteiger partial charge in [0.1, 0.15) is 17.3 Å². The van der Waals surface area contributed by atoms with Crippen LogP contribution in [0.25, 0.3) is 0 Å². The predicted octanol–water partition coefficient (Wildman–Crippen LogP) is 6.68. The Morgan fingerprint density at radius 1 is 1.08 bits per heavy atom. The number of hydrogen-bond donors (Lipinski definition) is 1. The molecule has 6 rings (SSSR count). The summed E-state index contributed by atoms with van der Waals surface area (Å²) in [5.41, 5.74) is -0.607. The van der Waals surface area contributed by atoms with E-state index >= 15 is 0 Å². The molecule has 36 heavy (non-hydrogen) atoms. The third-order valence-electron chi connectivity index (χ3n) is 9.37. The van der Waals surface area contributed by atoms with Gasteiger partial charge in [-0.2, -0.15) is 0 Å². The Bertz CT molecular complexity index is 908. The number of nitrogens with zero attached hydrogens (tertiary/aromatic N) is 1. The Labute approximate surface area is 220 Å². The lowest BCUT2D eigenvalue weighted by atomic mass is 9.54. The second-order valence-corrected chi connectivity index (χ2v) is 13.8. The van der Waals surface area contributed by atoms with Gasteiger partial charge in [0.25, 0.3) is 11.8 Å². The van der Waals surface area contributed by atoms with Crippen LogP contribution in [-0.2, 0) is 4.79 Å². The lowest BCUT2D eigenvalue weighted by Gasteiger charge is -2.54. The van der Waals surface area contributed by atoms with Crippen molar-refractivity contribution < 1.29 is 18.8 Å². The lowest BCUT2D eigenvalue weighted by Crippen LogP contribution is -2.55. The van der Waals surface area contributed by atoms with Gasteiger partial charge < -0.3 is 14.6 Å². The molecule has 6 nitrogen and oxygen atoms in total. The molecule has 200 valence electrons. The van der Waals surface area contributed by atoms with E-state index in [-0.39, 0.29) is 30.1 Å². The summed E-state index contributed by atoms with van der Waals surface area (Å²) in [6.07, 6.45) is 13.9. The van der Waals surface area contributed by atoms with Crippen LogP contribution in [0.2, 0.25) is 0 Å². The highest BCUT2D eigenvalue weighted by atomic mass is 32.2. The molecule has 0 radical (unpaired) electrons. The molecular formula is C29H44N2O4S. The summed E-state index contributed by atoms with van der Waals surface area (Å²) in [6.45, 7) is 6.18. The lowest BCUT2D eigenvalue weighted by molar-refractivity contribution is -0.128. The Hall–Kier alpha value is -1.50. The first kappa shape index (κ1) is 26.1. The van der Waals surface area contributed by atoms with Crippen molar-refractivity contribution in [2.24, 2.45) is 35.0 Å². The first-order chi connectivity index (χ1) is 17.3. The monoisotopic (exact) mass is 516 g/mol. The van der Waals surface area contributed by atoms with Gasteiger partial charge >= 0.3 is 0 Å². The second kappa shape index (κ2) is 11.1. The average Bonchev–Trinajstić information content (AvgIpc) is 3.51. The van der Waals surface area contributed by atoms with Crippen molar-refractivity contribution in [1.82, 2.24) is 10.5 Å². The van der Waals surface area contributed by atoms with Gasteiger partial charge in [-0.15, -0.1) is 11.8 Å². The number of amides is 1. The van der Waals surface area contributed by atoms with E-state index in [1.54, 1.807) is 11.8 Å². The van der Waals surface area contributed by atoms with Gasteiger partial charge in [0.15, 0.2) is 0 Å². The molecule has 5 aliphatic rings. The summed E-state index contributed by atoms with van der Waals surface area (Å²) in [7, 11) is 0. The first-order valence-electron chi connectivity index (χ1n) is 14.4. The molecule has 0 aromatic carbocycles. The minimum atomic E-state index is -0.607. The molecule has 5 saturated carbocycles. The van der Waals surface area contributed by atoms with Crippen molar-refractivity contribution in [1.29, 1.82) is 0 Å². The maximum Gasteiger partial charge on any atom is 0.291 e. The summed E-state index contributed by atoms with van der Waals surface area (Å²) < 4.78 is 11.8. The van der Waals surface area contributed by atoms with Gasteiger partial charge in [0, 0.05) is 18.2 Å². The number of hydrogen-bond acceptors (Lipinski definition) is 6. The van der Waals surface area contributed by atoms with Crippen molar-refractivity contribution in [3.8, 4) is 5.88 Å². The van der Waals surface area contributed by atoms with E-state index in [0.717, 1.165) is 30.4 Å². The van der Waals surface area contributed by atoms with Crippen LogP contribution in [0.3, 0.4) is 0 Å². The molecule has 0 aliphatic heterocycles. The highest BCUT2D eigenvalue weighted by Gasteiger charge is 2.49. The molecule has 0 unspecified atom stereocenters. The molecular weight excluding hydrogens is 472 g/mol. The molecule has 1 amide bonds. The quantitative estimate of drug-likeness (QED) is 0.312. The molecule has 1 aromatic rings. The number of unbranched alkanes of at least 4 members (excludes halogenated alkanes) is 1. The van der Waals surface area contributed by atoms with E-state index in [0.29, 0.717) is 35.0 Å². The summed E-state index contributed by atoms with van der Waals surface area (Å²) in [6, 6.07) is 0.252. The number of ether oxygens (including phenoxy) is 1. The first-order valence-corrected chi connectivity index (χ1v) is 15.4. The second-order valence-electron chi connectivity index (χ2n) is 12.7. The zero-order valence-corrected chi connectivity index (χ0v) is 23.2. The fourth-order valence-corrected chi connectivity index (χ4v) is 8.61. The van der Waals surface area contributed by atoms with Crippen molar-refractivity contribution in [2.75, 3.05) is 12.4 Å². The van der Waals surface area contributed by atoms with Crippen LogP contribution >= 0.6 is 11.8 Å². The fraction of sp³-hybridized carbons (Fsp3) is 0.828. The van der Waals surface area contributed by atoms with Gasteiger partial charge in [-0.1, -0.05) is 26.2 Å². The molecule has 0 spiro atoms. The van der Waals surface area contributed by atoms with Crippen LogP contribution < -0.4 is 10.1 Å². The number of nitrogens with one attached hydrogen (secondary N) is 1. The molecule has 4 bridgehead atoms. The van der Waals surface area contributed by atoms with E-state index < -0.39 is 5.41 Å². The number of rotatable bonds is 12. The normalized spacial score (nSPS) is 29.6. The maximum atomic E-state index is 13.5. The average molecular weight is 517 g/mol. The fourth-order valence-electron chi connectivity index (χ4n) is 7.39. The van der Waals surface area contributed by atoms with Gasteiger partial charge in [0.2, 0.25) is 5.76 Å². The van der Waals surface area contributed by atoms with Crippen LogP contribution in [0, 0.1) is 35.0 Å². The number of thioether (sulfide) groups is 1. The summed E-state index contributed by atoms with van der Waals surface area (Å²) in [4.78, 5) is 26.9. The van der Waals surface area contributed by atoms with E-state index in [9.17, 15) is 9.59 Å². The van der Waals surface area contributed by atoms with E-state index in [1.165, 1.54) is 57.8 Å². The number of carbonyl (C=O) groups is 2. The molecule has 1 aromatic heterocycles. The van der Waals surface area contributed by atoms with Gasteiger partial charge in [-0.05, 0) is 100.0 Å². The third kappa shape index (κ3) is 5.66. The van der Waals surface area contributed by atoms with E-state index in [2.05, 4.69) is 17.4 Å². The summed E-state index contributed by atoms with van der Waals surface area (Å²) in [5, 5.41) is 7.58. The van der Waals surface area contributed by atoms with E-state index in [1.807, 2.05) is 13.8 Å². The Kier molecular flexibility index (Phi) is 8.04. The van der Waals surface area contributed by atoms with Crippen LogP contribution in [0.15, 0.2) is 9.42 Å². The Morgan fingerprint density at radius 2 is 1.75 bits per heavy atom. The largest absolute Gasteiger partial charge is 0.474 e. The molecule has 5 fully saturated rings. The van der Waals surface area contributed by atoms with Crippen LogP contribution in [0.1, 0.15) is 108 Å². The number of aromatic nitrogens is 1. The number of Topliss-reactive ketones (excluding diaryl/α,β-unsaturated/α-hetero) is 1. The smallest absolute Gasteiger partial charge is 0.291 e. The summed E-state index contributed by atoms with van der Waals surface area (Å²) >= 11 is 1.64. The molecule has 1 heterocycles. The van der Waals surface area contributed by atoms with Crippen LogP contribution in [0.5, 0.6) is 5.88 Å². The highest BCUT2D eigenvalue weighted by molar-refractivity contribution is 7.99. The van der Waals surface area contributed by atoms with Crippen molar-refractivity contribution >= 4 is 23.5 Å². The predicted molar refractivity (Wildman–Crippen MR) is 141 cm³/mol. The Morgan fingerprint density at radius 3 is 2.39 bits per heavy atom. The van der Waals surface area contributed by atoms with Crippen molar-refractivity contribution in [3.05, 3.63) is 5.76 Å². The highest BCUT2D eigenvalue weighted by Crippen LogP contribution is 2.53. The van der Waals surface area contributed by atoms with Gasteiger partial charge in [0.05, 0.1) is 5.41 Å². The van der Waals surface area contributed by atoms with Gasteiger partial charge in [-0.3, -0.25) is 9.59 Å². The van der Waals surface area contributed by atoms with Gasteiger partial charge in [-0.25, -0.2) is 0 Å². The SMILES string of the molecule is CCCCC(=O)C(C)(C)COc1noc(C(=O)NC2C3CC4CC(C3)CC2C4)c1SCC1CCCC1. The molecule has 5 aliphatic carbocycles. The number of ketones is 1. The van der Waals surface area contributed by atoms with Crippen molar-refractivity contribution in [3.63, 3.8) is 0 Å². The summed E-state index contributed by atoms with van der Waals surface area (Å²) in [5.74, 6) is 5.25. The molecule has 0 atom stereocenters.